The largest absolute Gasteiger partial charge is 0.393 e. The average molecular weight is 553 g/mol. The number of alkyl halides is 2. The van der Waals surface area contributed by atoms with Crippen molar-refractivity contribution < 1.29 is 32.3 Å². The van der Waals surface area contributed by atoms with Crippen LogP contribution < -0.4 is 21.9 Å². The molecule has 0 saturated carbocycles. The second kappa shape index (κ2) is 12.8. The number of nitrogen functional groups attached to an aromatic ring is 1. The molecular weight excluding hydrogens is 521 g/mol. The van der Waals surface area contributed by atoms with Crippen molar-refractivity contribution in [2.24, 2.45) is 5.92 Å². The Balaban J connectivity index is 1.71. The zero-order valence-electron chi connectivity index (χ0n) is 21.6. The first-order valence-corrected chi connectivity index (χ1v) is 12.3. The van der Waals surface area contributed by atoms with Crippen LogP contribution in [0.1, 0.15) is 13.8 Å². The molecule has 39 heavy (non-hydrogen) atoms. The number of amides is 2. The number of aromatic nitrogens is 2. The summed E-state index contributed by atoms with van der Waals surface area (Å²) in [6.45, 7) is 4.53. The number of hydrogen-bond donors (Lipinski definition) is 3. The van der Waals surface area contributed by atoms with Gasteiger partial charge in [-0.3, -0.25) is 28.6 Å². The molecule has 0 bridgehead atoms. The maximum Gasteiger partial charge on any atom is 0.383 e. The highest BCUT2D eigenvalue weighted by molar-refractivity contribution is 6.10. The molecule has 1 aliphatic rings. The molecule has 4 N–H and O–H groups in total. The number of ether oxygens (including phenoxy) is 1. The second-order valence-corrected chi connectivity index (χ2v) is 9.37. The lowest BCUT2D eigenvalue weighted by molar-refractivity contribution is -0.161. The van der Waals surface area contributed by atoms with Crippen molar-refractivity contribution in [3.8, 4) is 11.4 Å². The van der Waals surface area contributed by atoms with Gasteiger partial charge in [0.25, 0.3) is 11.5 Å². The maximum absolute atomic E-state index is 14.8. The SMILES string of the molecule is CC(C)C(NC(=O)Cn1c(-c2ccc(F)cc2)ncc(N)c1=O)C(=O)C(F)(F)C(=O)NCCN1CCOCC1. The first-order chi connectivity index (χ1) is 18.4. The molecule has 11 nitrogen and oxygen atoms in total. The summed E-state index contributed by atoms with van der Waals surface area (Å²) in [5.74, 6) is -10.3. The van der Waals surface area contributed by atoms with Crippen molar-refractivity contribution in [1.29, 1.82) is 0 Å². The Labute approximate surface area is 222 Å². The van der Waals surface area contributed by atoms with Crippen LogP contribution in [0.5, 0.6) is 0 Å². The fraction of sp³-hybridized carbons (Fsp3) is 0.480. The summed E-state index contributed by atoms with van der Waals surface area (Å²) in [5.41, 5.74) is 4.86. The molecule has 2 aromatic rings. The third-order valence-electron chi connectivity index (χ3n) is 6.16. The van der Waals surface area contributed by atoms with Crippen LogP contribution in [0.3, 0.4) is 0 Å². The number of nitrogens with two attached hydrogens (primary N) is 1. The quantitative estimate of drug-likeness (QED) is 0.340. The summed E-state index contributed by atoms with van der Waals surface area (Å²) in [4.78, 5) is 56.5. The van der Waals surface area contributed by atoms with Crippen molar-refractivity contribution in [2.75, 3.05) is 45.1 Å². The van der Waals surface area contributed by atoms with Crippen LogP contribution in [0.25, 0.3) is 11.4 Å². The number of carbonyl (C=O) groups is 3. The summed E-state index contributed by atoms with van der Waals surface area (Å²) in [6, 6.07) is 3.19. The fourth-order valence-electron chi connectivity index (χ4n) is 3.95. The summed E-state index contributed by atoms with van der Waals surface area (Å²) >= 11 is 0. The van der Waals surface area contributed by atoms with Gasteiger partial charge >= 0.3 is 5.92 Å². The van der Waals surface area contributed by atoms with Gasteiger partial charge < -0.3 is 21.1 Å². The molecule has 1 aromatic heterocycles. The molecule has 1 atom stereocenters. The second-order valence-electron chi connectivity index (χ2n) is 9.37. The first-order valence-electron chi connectivity index (χ1n) is 12.3. The van der Waals surface area contributed by atoms with Gasteiger partial charge in [-0.1, -0.05) is 13.8 Å². The van der Waals surface area contributed by atoms with Gasteiger partial charge in [0.1, 0.15) is 23.9 Å². The zero-order valence-corrected chi connectivity index (χ0v) is 21.6. The van der Waals surface area contributed by atoms with Crippen LogP contribution in [0.2, 0.25) is 0 Å². The molecule has 1 aromatic carbocycles. The number of anilines is 1. The lowest BCUT2D eigenvalue weighted by Crippen LogP contribution is -2.57. The van der Waals surface area contributed by atoms with Gasteiger partial charge in [0.2, 0.25) is 11.7 Å². The molecule has 2 amide bonds. The molecule has 1 unspecified atom stereocenters. The van der Waals surface area contributed by atoms with E-state index in [1.54, 1.807) is 0 Å². The smallest absolute Gasteiger partial charge is 0.383 e. The van der Waals surface area contributed by atoms with Crippen LogP contribution in [0.4, 0.5) is 18.9 Å². The van der Waals surface area contributed by atoms with E-state index in [0.717, 1.165) is 22.9 Å². The van der Waals surface area contributed by atoms with E-state index >= 15 is 0 Å². The Kier molecular flexibility index (Phi) is 9.81. The fourth-order valence-corrected chi connectivity index (χ4v) is 3.95. The normalized spacial score (nSPS) is 15.1. The van der Waals surface area contributed by atoms with Crippen LogP contribution in [0.15, 0.2) is 35.3 Å². The van der Waals surface area contributed by atoms with Crippen molar-refractivity contribution >= 4 is 23.3 Å². The monoisotopic (exact) mass is 552 g/mol. The molecule has 212 valence electrons. The van der Waals surface area contributed by atoms with E-state index in [9.17, 15) is 32.3 Å². The van der Waals surface area contributed by atoms with Gasteiger partial charge in [0.15, 0.2) is 0 Å². The Morgan fingerprint density at radius 1 is 1.15 bits per heavy atom. The number of carbonyl (C=O) groups excluding carboxylic acids is 3. The van der Waals surface area contributed by atoms with Gasteiger partial charge in [-0.05, 0) is 30.2 Å². The topological polar surface area (TPSA) is 149 Å². The Bertz CT molecular complexity index is 1250. The number of hydrogen-bond acceptors (Lipinski definition) is 8. The number of benzene rings is 1. The first kappa shape index (κ1) is 29.8. The molecular formula is C25H31F3N6O5. The molecule has 2 heterocycles. The molecule has 0 aliphatic carbocycles. The number of rotatable bonds is 11. The average Bonchev–Trinajstić information content (AvgIpc) is 2.90. The highest BCUT2D eigenvalue weighted by atomic mass is 19.3. The predicted molar refractivity (Wildman–Crippen MR) is 135 cm³/mol. The lowest BCUT2D eigenvalue weighted by Gasteiger charge is -2.27. The van der Waals surface area contributed by atoms with Gasteiger partial charge in [0.05, 0.1) is 25.5 Å². The van der Waals surface area contributed by atoms with E-state index in [1.807, 2.05) is 4.90 Å². The number of halogens is 3. The highest BCUT2D eigenvalue weighted by Crippen LogP contribution is 2.21. The number of ketones is 1. The minimum atomic E-state index is -4.41. The van der Waals surface area contributed by atoms with Crippen molar-refractivity contribution in [1.82, 2.24) is 25.1 Å². The van der Waals surface area contributed by atoms with Gasteiger partial charge in [-0.2, -0.15) is 8.78 Å². The van der Waals surface area contributed by atoms with Crippen LogP contribution in [-0.4, -0.2) is 83.4 Å². The summed E-state index contributed by atoms with van der Waals surface area (Å²) < 4.78 is 49.1. The standard InChI is InChI=1S/C25H31F3N6O5/c1-15(2)20(21(36)25(27,28)24(38)30-7-8-33-9-11-39-12-10-33)32-19(35)14-34-22(31-13-18(29)23(34)37)16-3-5-17(26)6-4-16/h3-6,13,15,20H,7-12,14,29H2,1-2H3,(H,30,38)(H,32,35). The van der Waals surface area contributed by atoms with Crippen molar-refractivity contribution in [3.05, 3.63) is 46.6 Å². The van der Waals surface area contributed by atoms with Crippen molar-refractivity contribution in [3.63, 3.8) is 0 Å². The molecule has 0 radical (unpaired) electrons. The summed E-state index contributed by atoms with van der Waals surface area (Å²) in [6.07, 6.45) is 1.08. The zero-order chi connectivity index (χ0) is 28.7. The lowest BCUT2D eigenvalue weighted by atomic mass is 9.95. The minimum Gasteiger partial charge on any atom is -0.393 e. The van der Waals surface area contributed by atoms with E-state index in [0.29, 0.717) is 32.8 Å². The van der Waals surface area contributed by atoms with Crippen LogP contribution in [0, 0.1) is 11.7 Å². The minimum absolute atomic E-state index is 0.0262. The van der Waals surface area contributed by atoms with Gasteiger partial charge in [-0.25, -0.2) is 9.37 Å². The Hall–Kier alpha value is -3.78. The van der Waals surface area contributed by atoms with E-state index in [2.05, 4.69) is 15.6 Å². The van der Waals surface area contributed by atoms with Gasteiger partial charge in [-0.15, -0.1) is 0 Å². The summed E-state index contributed by atoms with van der Waals surface area (Å²) in [5, 5.41) is 4.29. The molecule has 3 rings (SSSR count). The maximum atomic E-state index is 14.8. The number of nitrogens with one attached hydrogen (secondary N) is 2. The van der Waals surface area contributed by atoms with Crippen LogP contribution in [-0.2, 0) is 25.7 Å². The Morgan fingerprint density at radius 3 is 2.41 bits per heavy atom. The highest BCUT2D eigenvalue weighted by Gasteiger charge is 2.51. The predicted octanol–water partition coefficient (Wildman–Crippen LogP) is 0.425. The summed E-state index contributed by atoms with van der Waals surface area (Å²) in [7, 11) is 0. The van der Waals surface area contributed by atoms with E-state index in [4.69, 9.17) is 10.5 Å². The molecule has 14 heteroatoms. The molecule has 1 aliphatic heterocycles. The van der Waals surface area contributed by atoms with Crippen molar-refractivity contribution in [2.45, 2.75) is 32.4 Å². The van der Waals surface area contributed by atoms with Gasteiger partial charge in [0, 0.05) is 31.7 Å². The molecule has 1 saturated heterocycles. The molecule has 1 fully saturated rings. The third kappa shape index (κ3) is 7.41. The Morgan fingerprint density at radius 2 is 1.79 bits per heavy atom. The molecule has 0 spiro atoms. The third-order valence-corrected chi connectivity index (χ3v) is 6.16. The number of nitrogens with zero attached hydrogens (tertiary/aromatic N) is 3. The van der Waals surface area contributed by atoms with E-state index < -0.39 is 53.4 Å². The van der Waals surface area contributed by atoms with E-state index in [1.165, 1.54) is 26.0 Å². The number of Topliss-reactive ketones (excluding diaryl/α,β-unsaturated/α-hetero) is 1. The van der Waals surface area contributed by atoms with Crippen LogP contribution >= 0.6 is 0 Å². The van der Waals surface area contributed by atoms with E-state index in [-0.39, 0.29) is 23.6 Å². The number of morpholine rings is 1.